The Morgan fingerprint density at radius 2 is 0.745 bits per heavy atom. The van der Waals surface area contributed by atoms with Gasteiger partial charge in [-0.25, -0.2) is 0 Å². The fourth-order valence-corrected chi connectivity index (χ4v) is 8.50. The monoisotopic (exact) mass is 649 g/mol. The van der Waals surface area contributed by atoms with Crippen LogP contribution in [0.5, 0.6) is 0 Å². The van der Waals surface area contributed by atoms with Crippen molar-refractivity contribution >= 4 is 65.4 Å². The van der Waals surface area contributed by atoms with Crippen molar-refractivity contribution in [2.75, 3.05) is 0 Å². The number of hydrogen-bond donors (Lipinski definition) is 0. The van der Waals surface area contributed by atoms with Crippen LogP contribution in [-0.4, -0.2) is 13.7 Å². The van der Waals surface area contributed by atoms with Gasteiger partial charge in [0.15, 0.2) is 0 Å². The molecular formula is C48H31N3. The SMILES string of the molecule is c1ccc(-c2ccc(-n3c4ccccc4c4cccc(-n5c6ccccc6c6c5ccc5c7ccccc7n(-c7ccccc7)c56)c43)cc2)cc1. The molecule has 11 rings (SSSR count). The first-order valence-electron chi connectivity index (χ1n) is 17.5. The lowest BCUT2D eigenvalue weighted by atomic mass is 10.1. The molecule has 0 fully saturated rings. The van der Waals surface area contributed by atoms with E-state index in [1.54, 1.807) is 0 Å². The van der Waals surface area contributed by atoms with Crippen molar-refractivity contribution < 1.29 is 0 Å². The number of benzene rings is 8. The molecule has 238 valence electrons. The van der Waals surface area contributed by atoms with Crippen molar-refractivity contribution in [1.29, 1.82) is 0 Å². The van der Waals surface area contributed by atoms with Gasteiger partial charge in [-0.2, -0.15) is 0 Å². The van der Waals surface area contributed by atoms with E-state index < -0.39 is 0 Å². The Balaban J connectivity index is 1.27. The van der Waals surface area contributed by atoms with Crippen LogP contribution in [0.3, 0.4) is 0 Å². The van der Waals surface area contributed by atoms with Gasteiger partial charge >= 0.3 is 0 Å². The first-order chi connectivity index (χ1) is 25.3. The molecule has 0 saturated carbocycles. The Morgan fingerprint density at radius 1 is 0.255 bits per heavy atom. The van der Waals surface area contributed by atoms with Crippen LogP contribution >= 0.6 is 0 Å². The van der Waals surface area contributed by atoms with Crippen molar-refractivity contribution in [2.45, 2.75) is 0 Å². The predicted molar refractivity (Wildman–Crippen MR) is 215 cm³/mol. The van der Waals surface area contributed by atoms with E-state index >= 15 is 0 Å². The van der Waals surface area contributed by atoms with E-state index in [2.05, 4.69) is 202 Å². The first kappa shape index (κ1) is 28.0. The predicted octanol–water partition coefficient (Wildman–Crippen LogP) is 12.6. The van der Waals surface area contributed by atoms with E-state index in [1.807, 2.05) is 0 Å². The maximum Gasteiger partial charge on any atom is 0.0782 e. The van der Waals surface area contributed by atoms with E-state index in [9.17, 15) is 0 Å². The van der Waals surface area contributed by atoms with Crippen LogP contribution in [0.2, 0.25) is 0 Å². The molecule has 3 heterocycles. The number of nitrogens with zero attached hydrogens (tertiary/aromatic N) is 3. The third-order valence-electron chi connectivity index (χ3n) is 10.6. The summed E-state index contributed by atoms with van der Waals surface area (Å²) in [5, 5.41) is 7.50. The maximum absolute atomic E-state index is 2.49. The molecule has 0 radical (unpaired) electrons. The number of aromatic nitrogens is 3. The lowest BCUT2D eigenvalue weighted by Crippen LogP contribution is -2.00. The summed E-state index contributed by atoms with van der Waals surface area (Å²) in [6, 6.07) is 68.3. The number of fused-ring (bicyclic) bond motifs is 10. The topological polar surface area (TPSA) is 14.8 Å². The van der Waals surface area contributed by atoms with Gasteiger partial charge in [0.2, 0.25) is 0 Å². The molecule has 0 saturated heterocycles. The normalized spacial score (nSPS) is 11.9. The fourth-order valence-electron chi connectivity index (χ4n) is 8.50. The quantitative estimate of drug-likeness (QED) is 0.180. The van der Waals surface area contributed by atoms with Crippen LogP contribution in [0, 0.1) is 0 Å². The molecular weight excluding hydrogens is 619 g/mol. The highest BCUT2D eigenvalue weighted by Crippen LogP contribution is 2.44. The molecule has 3 heteroatoms. The van der Waals surface area contributed by atoms with E-state index in [1.165, 1.54) is 76.5 Å². The van der Waals surface area contributed by atoms with Crippen LogP contribution in [-0.2, 0) is 0 Å². The fraction of sp³-hybridized carbons (Fsp3) is 0. The molecule has 3 aromatic heterocycles. The Morgan fingerprint density at radius 3 is 1.43 bits per heavy atom. The molecule has 0 atom stereocenters. The van der Waals surface area contributed by atoms with Gasteiger partial charge in [-0.3, -0.25) is 0 Å². The maximum atomic E-state index is 2.49. The molecule has 0 aliphatic heterocycles. The minimum atomic E-state index is 1.14. The van der Waals surface area contributed by atoms with Crippen LogP contribution in [0.15, 0.2) is 188 Å². The molecule has 8 aromatic carbocycles. The summed E-state index contributed by atoms with van der Waals surface area (Å²) in [6.07, 6.45) is 0. The molecule has 0 N–H and O–H groups in total. The largest absolute Gasteiger partial charge is 0.309 e. The number of rotatable bonds is 4. The van der Waals surface area contributed by atoms with Gasteiger partial charge in [0.1, 0.15) is 0 Å². The molecule has 0 unspecified atom stereocenters. The van der Waals surface area contributed by atoms with Gasteiger partial charge < -0.3 is 13.7 Å². The van der Waals surface area contributed by atoms with Crippen LogP contribution < -0.4 is 0 Å². The van der Waals surface area contributed by atoms with E-state index in [4.69, 9.17) is 0 Å². The second kappa shape index (κ2) is 10.8. The molecule has 11 aromatic rings. The molecule has 0 aliphatic carbocycles. The molecule has 0 amide bonds. The average molecular weight is 650 g/mol. The zero-order valence-electron chi connectivity index (χ0n) is 27.7. The lowest BCUT2D eigenvalue weighted by molar-refractivity contribution is 1.13. The van der Waals surface area contributed by atoms with Crippen molar-refractivity contribution in [1.82, 2.24) is 13.7 Å². The zero-order valence-corrected chi connectivity index (χ0v) is 27.7. The van der Waals surface area contributed by atoms with Crippen molar-refractivity contribution in [3.8, 4) is 28.2 Å². The van der Waals surface area contributed by atoms with Crippen molar-refractivity contribution in [3.05, 3.63) is 188 Å². The van der Waals surface area contributed by atoms with E-state index in [0.717, 1.165) is 17.1 Å². The second-order valence-corrected chi connectivity index (χ2v) is 13.3. The standard InChI is InChI=1S/C48H31N3/c1-3-14-32(15-4-1)33-26-28-35(29-27-33)49-41-22-10-7-18-36(41)38-21-13-25-45(47(38)49)51-43-24-12-9-20-40(43)46-44(51)31-30-39-37-19-8-11-23-42(37)50(48(39)46)34-16-5-2-6-17-34/h1-31H. The Kier molecular flexibility index (Phi) is 5.96. The van der Waals surface area contributed by atoms with Crippen molar-refractivity contribution in [3.63, 3.8) is 0 Å². The van der Waals surface area contributed by atoms with Crippen LogP contribution in [0.25, 0.3) is 93.6 Å². The summed E-state index contributed by atoms with van der Waals surface area (Å²) < 4.78 is 7.40. The molecule has 3 nitrogen and oxygen atoms in total. The highest BCUT2D eigenvalue weighted by molar-refractivity contribution is 6.26. The highest BCUT2D eigenvalue weighted by atomic mass is 15.1. The summed E-state index contributed by atoms with van der Waals surface area (Å²) in [6.45, 7) is 0. The minimum absolute atomic E-state index is 1.14. The Bertz CT molecular complexity index is 3110. The molecule has 0 bridgehead atoms. The van der Waals surface area contributed by atoms with Gasteiger partial charge in [-0.1, -0.05) is 133 Å². The van der Waals surface area contributed by atoms with Gasteiger partial charge in [-0.15, -0.1) is 0 Å². The average Bonchev–Trinajstić information content (AvgIpc) is 3.84. The summed E-state index contributed by atoms with van der Waals surface area (Å²) in [5.41, 5.74) is 13.1. The second-order valence-electron chi connectivity index (χ2n) is 13.3. The summed E-state index contributed by atoms with van der Waals surface area (Å²) in [7, 11) is 0. The van der Waals surface area contributed by atoms with Gasteiger partial charge in [0.25, 0.3) is 0 Å². The Labute approximate surface area is 294 Å². The van der Waals surface area contributed by atoms with Crippen LogP contribution in [0.1, 0.15) is 0 Å². The summed E-state index contributed by atoms with van der Waals surface area (Å²) in [4.78, 5) is 0. The number of para-hydroxylation sites is 5. The lowest BCUT2D eigenvalue weighted by Gasteiger charge is -2.15. The summed E-state index contributed by atoms with van der Waals surface area (Å²) in [5.74, 6) is 0. The van der Waals surface area contributed by atoms with E-state index in [-0.39, 0.29) is 0 Å². The zero-order chi connectivity index (χ0) is 33.5. The summed E-state index contributed by atoms with van der Waals surface area (Å²) >= 11 is 0. The molecule has 0 aliphatic rings. The molecule has 0 spiro atoms. The molecule has 51 heavy (non-hydrogen) atoms. The van der Waals surface area contributed by atoms with Gasteiger partial charge in [0, 0.05) is 43.7 Å². The minimum Gasteiger partial charge on any atom is -0.309 e. The van der Waals surface area contributed by atoms with E-state index in [0.29, 0.717) is 0 Å². The van der Waals surface area contributed by atoms with Crippen LogP contribution in [0.4, 0.5) is 0 Å². The van der Waals surface area contributed by atoms with Gasteiger partial charge in [-0.05, 0) is 65.7 Å². The van der Waals surface area contributed by atoms with Gasteiger partial charge in [0.05, 0.1) is 38.8 Å². The third-order valence-corrected chi connectivity index (χ3v) is 10.6. The van der Waals surface area contributed by atoms with Crippen molar-refractivity contribution in [2.24, 2.45) is 0 Å². The smallest absolute Gasteiger partial charge is 0.0782 e. The third kappa shape index (κ3) is 4.00. The highest BCUT2D eigenvalue weighted by Gasteiger charge is 2.23. The number of hydrogen-bond acceptors (Lipinski definition) is 0. The Hall–Kier alpha value is -6.84. The first-order valence-corrected chi connectivity index (χ1v) is 17.5.